The predicted octanol–water partition coefficient (Wildman–Crippen LogP) is 6.38. The minimum Gasteiger partial charge on any atom is -0.444 e. The van der Waals surface area contributed by atoms with Gasteiger partial charge in [-0.05, 0) is 75.8 Å². The van der Waals surface area contributed by atoms with E-state index < -0.39 is 11.2 Å². The van der Waals surface area contributed by atoms with Crippen LogP contribution in [0.15, 0.2) is 36.7 Å². The van der Waals surface area contributed by atoms with Crippen LogP contribution in [-0.2, 0) is 10.3 Å². The van der Waals surface area contributed by atoms with Gasteiger partial charge in [0.05, 0.1) is 4.88 Å². The molecule has 2 aromatic heterocycles. The van der Waals surface area contributed by atoms with Crippen molar-refractivity contribution in [1.29, 1.82) is 0 Å². The summed E-state index contributed by atoms with van der Waals surface area (Å²) in [6, 6.07) is 8.15. The van der Waals surface area contributed by atoms with Gasteiger partial charge in [0.25, 0.3) is 0 Å². The Balaban J connectivity index is 1.51. The van der Waals surface area contributed by atoms with E-state index in [1.807, 2.05) is 40.0 Å². The van der Waals surface area contributed by atoms with E-state index in [0.717, 1.165) is 27.4 Å². The molecule has 3 aromatic rings. The van der Waals surface area contributed by atoms with Crippen LogP contribution in [0.3, 0.4) is 0 Å². The highest BCUT2D eigenvalue weighted by molar-refractivity contribution is 7.15. The average Bonchev–Trinajstić information content (AvgIpc) is 3.23. The molecule has 1 aliphatic rings. The highest BCUT2D eigenvalue weighted by atomic mass is 32.1. The monoisotopic (exact) mass is 523 g/mol. The largest absolute Gasteiger partial charge is 0.444 e. The number of hydrogen-bond acceptors (Lipinski definition) is 8. The molecule has 8 nitrogen and oxygen atoms in total. The average molecular weight is 524 g/mol. The predicted molar refractivity (Wildman–Crippen MR) is 147 cm³/mol. The maximum Gasteiger partial charge on any atom is 0.410 e. The van der Waals surface area contributed by atoms with Crippen LogP contribution in [0.1, 0.15) is 76.1 Å². The lowest BCUT2D eigenvalue weighted by atomic mass is 9.96. The first-order chi connectivity index (χ1) is 17.4. The molecule has 1 atom stereocenters. The molecule has 1 fully saturated rings. The Morgan fingerprint density at radius 3 is 2.70 bits per heavy atom. The molecule has 1 saturated heterocycles. The molecule has 2 N–H and O–H groups in total. The third kappa shape index (κ3) is 6.84. The van der Waals surface area contributed by atoms with Gasteiger partial charge < -0.3 is 20.1 Å². The zero-order valence-electron chi connectivity index (χ0n) is 22.5. The summed E-state index contributed by atoms with van der Waals surface area (Å²) in [6.45, 7) is 12.8. The maximum absolute atomic E-state index is 12.5. The number of aryl methyl sites for hydroxylation is 1. The zero-order chi connectivity index (χ0) is 26.8. The molecule has 0 saturated carbocycles. The van der Waals surface area contributed by atoms with Crippen molar-refractivity contribution in [3.8, 4) is 10.4 Å². The summed E-state index contributed by atoms with van der Waals surface area (Å²) in [4.78, 5) is 28.8. The van der Waals surface area contributed by atoms with Crippen LogP contribution in [0, 0.1) is 6.92 Å². The third-order valence-corrected chi connectivity index (χ3v) is 7.50. The SMILES string of the molecule is Cc1cc(Nc2nccc(C(C)C)n2)cc(-c2cnc(C3(O)CCCN(C(=O)OC(C)(C)C)CC3)s2)c1. The third-order valence-electron chi connectivity index (χ3n) is 6.26. The topological polar surface area (TPSA) is 100 Å². The number of likely N-dealkylation sites (tertiary alicyclic amines) is 1. The Morgan fingerprint density at radius 1 is 1.19 bits per heavy atom. The number of hydrogen-bond donors (Lipinski definition) is 2. The van der Waals surface area contributed by atoms with Gasteiger partial charge >= 0.3 is 6.09 Å². The van der Waals surface area contributed by atoms with Gasteiger partial charge in [-0.15, -0.1) is 11.3 Å². The van der Waals surface area contributed by atoms with Crippen molar-refractivity contribution in [3.63, 3.8) is 0 Å². The molecule has 0 aliphatic carbocycles. The van der Waals surface area contributed by atoms with Crippen molar-refractivity contribution in [3.05, 3.63) is 52.9 Å². The highest BCUT2D eigenvalue weighted by Crippen LogP contribution is 2.39. The molecule has 0 bridgehead atoms. The number of thiazole rings is 1. The molecular formula is C28H37N5O3S. The van der Waals surface area contributed by atoms with Gasteiger partial charge in [0.2, 0.25) is 5.95 Å². The van der Waals surface area contributed by atoms with Gasteiger partial charge in [-0.25, -0.2) is 19.7 Å². The molecule has 1 amide bonds. The fourth-order valence-electron chi connectivity index (χ4n) is 4.35. The Bertz CT molecular complexity index is 1250. The minimum atomic E-state index is -1.07. The molecule has 1 unspecified atom stereocenters. The second-order valence-corrected chi connectivity index (χ2v) is 12.1. The molecule has 3 heterocycles. The van der Waals surface area contributed by atoms with Crippen LogP contribution in [0.4, 0.5) is 16.4 Å². The smallest absolute Gasteiger partial charge is 0.410 e. The van der Waals surface area contributed by atoms with E-state index in [9.17, 15) is 9.90 Å². The van der Waals surface area contributed by atoms with Gasteiger partial charge in [0, 0.05) is 43.3 Å². The van der Waals surface area contributed by atoms with Crippen LogP contribution >= 0.6 is 11.3 Å². The molecule has 4 rings (SSSR count). The van der Waals surface area contributed by atoms with Crippen molar-refractivity contribution >= 4 is 29.1 Å². The van der Waals surface area contributed by atoms with Crippen molar-refractivity contribution in [2.75, 3.05) is 18.4 Å². The Labute approximate surface area is 223 Å². The first kappa shape index (κ1) is 27.0. The fourth-order valence-corrected chi connectivity index (χ4v) is 5.39. The number of aliphatic hydroxyl groups is 1. The van der Waals surface area contributed by atoms with E-state index in [1.165, 1.54) is 11.3 Å². The number of nitrogens with zero attached hydrogens (tertiary/aromatic N) is 4. The molecule has 0 radical (unpaired) electrons. The van der Waals surface area contributed by atoms with Crippen molar-refractivity contribution in [2.45, 2.75) is 77.9 Å². The van der Waals surface area contributed by atoms with Gasteiger partial charge in [-0.3, -0.25) is 0 Å². The first-order valence-electron chi connectivity index (χ1n) is 12.8. The Hall–Kier alpha value is -3.04. The van der Waals surface area contributed by atoms with Crippen LogP contribution in [0.5, 0.6) is 0 Å². The van der Waals surface area contributed by atoms with Gasteiger partial charge in [-0.1, -0.05) is 19.9 Å². The minimum absolute atomic E-state index is 0.318. The summed E-state index contributed by atoms with van der Waals surface area (Å²) in [7, 11) is 0. The van der Waals surface area contributed by atoms with Crippen molar-refractivity contribution in [2.24, 2.45) is 0 Å². The number of carbonyl (C=O) groups is 1. The number of rotatable bonds is 5. The molecule has 37 heavy (non-hydrogen) atoms. The molecule has 0 spiro atoms. The lowest BCUT2D eigenvalue weighted by Gasteiger charge is -2.27. The summed E-state index contributed by atoms with van der Waals surface area (Å²) in [6.07, 6.45) is 4.90. The van der Waals surface area contributed by atoms with E-state index >= 15 is 0 Å². The molecule has 1 aliphatic heterocycles. The van der Waals surface area contributed by atoms with E-state index in [4.69, 9.17) is 4.74 Å². The second kappa shape index (κ2) is 10.8. The summed E-state index contributed by atoms with van der Waals surface area (Å²) in [5.74, 6) is 0.883. The van der Waals surface area contributed by atoms with E-state index in [2.05, 4.69) is 52.3 Å². The lowest BCUT2D eigenvalue weighted by molar-refractivity contribution is 0.0127. The molecular weight excluding hydrogens is 486 g/mol. The molecule has 1 aromatic carbocycles. The number of benzene rings is 1. The first-order valence-corrected chi connectivity index (χ1v) is 13.6. The number of aromatic nitrogens is 3. The summed E-state index contributed by atoms with van der Waals surface area (Å²) >= 11 is 1.50. The van der Waals surface area contributed by atoms with Crippen LogP contribution in [-0.4, -0.2) is 49.7 Å². The van der Waals surface area contributed by atoms with Crippen LogP contribution < -0.4 is 5.32 Å². The number of amides is 1. The standard InChI is InChI=1S/C28H37N5O3S/c1-18(2)22-8-11-29-25(32-22)31-21-15-19(3)14-20(16-21)23-17-30-24(37-23)28(35)9-7-12-33(13-10-28)26(34)36-27(4,5)6/h8,11,14-18,35H,7,9-10,12-13H2,1-6H3,(H,29,31,32). The van der Waals surface area contributed by atoms with Gasteiger partial charge in [0.15, 0.2) is 0 Å². The molecule has 198 valence electrons. The summed E-state index contributed by atoms with van der Waals surface area (Å²) < 4.78 is 5.53. The van der Waals surface area contributed by atoms with Gasteiger partial charge in [-0.2, -0.15) is 0 Å². The van der Waals surface area contributed by atoms with Crippen molar-refractivity contribution < 1.29 is 14.6 Å². The Kier molecular flexibility index (Phi) is 7.85. The number of nitrogens with one attached hydrogen (secondary N) is 1. The van der Waals surface area contributed by atoms with E-state index in [1.54, 1.807) is 11.1 Å². The van der Waals surface area contributed by atoms with E-state index in [0.29, 0.717) is 49.2 Å². The number of carbonyl (C=O) groups excluding carboxylic acids is 1. The normalized spacial score (nSPS) is 18.5. The van der Waals surface area contributed by atoms with E-state index in [-0.39, 0.29) is 6.09 Å². The summed E-state index contributed by atoms with van der Waals surface area (Å²) in [5.41, 5.74) is 2.37. The quantitative estimate of drug-likeness (QED) is 0.400. The van der Waals surface area contributed by atoms with Crippen LogP contribution in [0.2, 0.25) is 0 Å². The van der Waals surface area contributed by atoms with Crippen LogP contribution in [0.25, 0.3) is 10.4 Å². The Morgan fingerprint density at radius 2 is 1.97 bits per heavy atom. The fraction of sp³-hybridized carbons (Fsp3) is 0.500. The lowest BCUT2D eigenvalue weighted by Crippen LogP contribution is -2.38. The van der Waals surface area contributed by atoms with Gasteiger partial charge in [0.1, 0.15) is 16.2 Å². The maximum atomic E-state index is 12.5. The van der Waals surface area contributed by atoms with Crippen molar-refractivity contribution in [1.82, 2.24) is 19.9 Å². The zero-order valence-corrected chi connectivity index (χ0v) is 23.4. The molecule has 9 heteroatoms. The number of ether oxygens (including phenoxy) is 1. The summed E-state index contributed by atoms with van der Waals surface area (Å²) in [5, 5.41) is 15.5. The highest BCUT2D eigenvalue weighted by Gasteiger charge is 2.36. The number of anilines is 2. The second-order valence-electron chi connectivity index (χ2n) is 11.1.